The molecular weight excluding hydrogens is 547 g/mol. The van der Waals surface area contributed by atoms with Gasteiger partial charge in [0.1, 0.15) is 6.54 Å². The van der Waals surface area contributed by atoms with Crippen molar-refractivity contribution in [1.82, 2.24) is 29.1 Å². The Kier molecular flexibility index (Phi) is 7.68. The number of hydrogen-bond donors (Lipinski definition) is 1. The van der Waals surface area contributed by atoms with Crippen LogP contribution in [0.4, 0.5) is 22.0 Å². The van der Waals surface area contributed by atoms with E-state index in [1.807, 2.05) is 13.8 Å². The fraction of sp³-hybridized carbons (Fsp3) is 0.360. The summed E-state index contributed by atoms with van der Waals surface area (Å²) in [5.74, 6) is -4.53. The number of benzene rings is 2. The summed E-state index contributed by atoms with van der Waals surface area (Å²) in [6, 6.07) is 12.6. The summed E-state index contributed by atoms with van der Waals surface area (Å²) in [6.07, 6.45) is -7.85. The van der Waals surface area contributed by atoms with E-state index in [2.05, 4.69) is 15.2 Å². The lowest BCUT2D eigenvalue weighted by Gasteiger charge is -2.16. The molecule has 0 aliphatic heterocycles. The average Bonchev–Trinajstić information content (AvgIpc) is 3.41. The van der Waals surface area contributed by atoms with Crippen molar-refractivity contribution in [3.63, 3.8) is 0 Å². The van der Waals surface area contributed by atoms with Crippen LogP contribution < -0.4 is 5.69 Å². The smallest absolute Gasteiger partial charge is 0.382 e. The molecule has 0 amide bonds. The molecular formula is C25H24ClF5N6O2. The summed E-state index contributed by atoms with van der Waals surface area (Å²) in [5.41, 5.74) is 0.324. The maximum Gasteiger partial charge on any atom is 0.416 e. The van der Waals surface area contributed by atoms with Gasteiger partial charge in [-0.15, -0.1) is 10.2 Å². The van der Waals surface area contributed by atoms with E-state index in [0.717, 1.165) is 14.9 Å². The number of aromatic nitrogens is 6. The zero-order valence-corrected chi connectivity index (χ0v) is 21.8. The number of alkyl halides is 5. The highest BCUT2D eigenvalue weighted by Crippen LogP contribution is 2.31. The second kappa shape index (κ2) is 10.5. The molecule has 1 atom stereocenters. The van der Waals surface area contributed by atoms with Gasteiger partial charge in [0.15, 0.2) is 17.8 Å². The van der Waals surface area contributed by atoms with Crippen LogP contribution >= 0.6 is 11.6 Å². The molecule has 1 N–H and O–H groups in total. The Bertz CT molecular complexity index is 1520. The molecule has 14 heteroatoms. The van der Waals surface area contributed by atoms with Crippen LogP contribution in [0.5, 0.6) is 0 Å². The second-order valence-electron chi connectivity index (χ2n) is 9.30. The molecule has 0 unspecified atom stereocenters. The summed E-state index contributed by atoms with van der Waals surface area (Å²) in [7, 11) is 0. The Morgan fingerprint density at radius 3 is 2.23 bits per heavy atom. The molecule has 0 fully saturated rings. The maximum absolute atomic E-state index is 14.6. The largest absolute Gasteiger partial charge is 0.416 e. The van der Waals surface area contributed by atoms with Crippen LogP contribution in [0.25, 0.3) is 17.1 Å². The van der Waals surface area contributed by atoms with Gasteiger partial charge in [0, 0.05) is 17.5 Å². The predicted octanol–water partition coefficient (Wildman–Crippen LogP) is 5.15. The Balaban J connectivity index is 1.82. The van der Waals surface area contributed by atoms with Crippen molar-refractivity contribution >= 4 is 11.6 Å². The first kappa shape index (κ1) is 28.4. The Morgan fingerprint density at radius 2 is 1.64 bits per heavy atom. The molecule has 0 saturated carbocycles. The van der Waals surface area contributed by atoms with Crippen LogP contribution in [0.2, 0.25) is 5.02 Å². The van der Waals surface area contributed by atoms with Gasteiger partial charge in [0.2, 0.25) is 5.82 Å². The van der Waals surface area contributed by atoms with Crippen molar-refractivity contribution in [3.8, 4) is 17.1 Å². The third-order valence-corrected chi connectivity index (χ3v) is 6.13. The Morgan fingerprint density at radius 1 is 1.00 bits per heavy atom. The average molecular weight is 571 g/mol. The first-order chi connectivity index (χ1) is 18.2. The van der Waals surface area contributed by atoms with E-state index in [1.165, 1.54) is 24.3 Å². The molecule has 8 nitrogen and oxygen atoms in total. The van der Waals surface area contributed by atoms with E-state index in [-0.39, 0.29) is 23.1 Å². The third-order valence-electron chi connectivity index (χ3n) is 5.88. The van der Waals surface area contributed by atoms with Crippen LogP contribution in [-0.2, 0) is 19.0 Å². The number of para-hydroxylation sites is 1. The zero-order chi connectivity index (χ0) is 28.7. The monoisotopic (exact) mass is 570 g/mol. The van der Waals surface area contributed by atoms with E-state index in [1.54, 1.807) is 24.3 Å². The fourth-order valence-electron chi connectivity index (χ4n) is 3.97. The van der Waals surface area contributed by atoms with Gasteiger partial charge in [-0.25, -0.2) is 19.1 Å². The van der Waals surface area contributed by atoms with E-state index in [4.69, 9.17) is 11.6 Å². The van der Waals surface area contributed by atoms with Crippen molar-refractivity contribution in [2.45, 2.75) is 58.0 Å². The first-order valence-electron chi connectivity index (χ1n) is 11.8. The SMILES string of the molecule is CC(C)c1ccccc1-n1nc(Cn2nc(-c3ccc(Cl)cc3)n(C[C@H](O)C(F)(F)F)c2=O)nc1C(C)(F)F. The molecule has 0 bridgehead atoms. The summed E-state index contributed by atoms with van der Waals surface area (Å²) in [6.45, 7) is 2.78. The van der Waals surface area contributed by atoms with Gasteiger partial charge in [-0.2, -0.15) is 22.0 Å². The molecule has 4 rings (SSSR count). The van der Waals surface area contributed by atoms with E-state index in [0.29, 0.717) is 22.2 Å². The summed E-state index contributed by atoms with van der Waals surface area (Å²) in [5, 5.41) is 18.3. The van der Waals surface area contributed by atoms with Crippen LogP contribution in [0.1, 0.15) is 43.9 Å². The first-order valence-corrected chi connectivity index (χ1v) is 12.2. The zero-order valence-electron chi connectivity index (χ0n) is 21.0. The van der Waals surface area contributed by atoms with Gasteiger partial charge >= 0.3 is 17.8 Å². The van der Waals surface area contributed by atoms with Gasteiger partial charge in [-0.1, -0.05) is 43.6 Å². The van der Waals surface area contributed by atoms with Crippen LogP contribution in [0, 0.1) is 0 Å². The summed E-state index contributed by atoms with van der Waals surface area (Å²) >= 11 is 5.90. The molecule has 2 aromatic heterocycles. The highest BCUT2D eigenvalue weighted by atomic mass is 35.5. The summed E-state index contributed by atoms with van der Waals surface area (Å²) < 4.78 is 70.9. The number of rotatable bonds is 8. The lowest BCUT2D eigenvalue weighted by molar-refractivity contribution is -0.207. The normalized spacial score (nSPS) is 13.3. The predicted molar refractivity (Wildman–Crippen MR) is 133 cm³/mol. The molecule has 2 aromatic carbocycles. The molecule has 0 saturated heterocycles. The standard InChI is InChI=1S/C25H24ClF5N6O2/c1-14(2)17-6-4-5-7-18(17)37-22(24(3,27)28)32-20(33-37)13-36-23(39)35(12-19(38)25(29,30)31)21(34-36)15-8-10-16(26)11-9-15/h4-11,14,19,38H,12-13H2,1-3H3/t19-/m0/s1. The van der Waals surface area contributed by atoms with Gasteiger partial charge in [0.25, 0.3) is 0 Å². The van der Waals surface area contributed by atoms with E-state index in [9.17, 15) is 31.9 Å². The number of halogens is 6. The molecule has 0 radical (unpaired) electrons. The van der Waals surface area contributed by atoms with Crippen molar-refractivity contribution in [2.75, 3.05) is 0 Å². The highest BCUT2D eigenvalue weighted by Gasteiger charge is 2.39. The van der Waals surface area contributed by atoms with E-state index < -0.39 is 42.8 Å². The molecule has 2 heterocycles. The lowest BCUT2D eigenvalue weighted by atomic mass is 10.0. The molecule has 0 aliphatic carbocycles. The molecule has 39 heavy (non-hydrogen) atoms. The third kappa shape index (κ3) is 6.04. The minimum absolute atomic E-state index is 0.0347. The minimum Gasteiger partial charge on any atom is -0.382 e. The summed E-state index contributed by atoms with van der Waals surface area (Å²) in [4.78, 5) is 17.1. The molecule has 0 spiro atoms. The maximum atomic E-state index is 14.6. The highest BCUT2D eigenvalue weighted by molar-refractivity contribution is 6.30. The quantitative estimate of drug-likeness (QED) is 0.296. The van der Waals surface area contributed by atoms with Crippen molar-refractivity contribution in [2.24, 2.45) is 0 Å². The number of aliphatic hydroxyl groups excluding tert-OH is 1. The number of aliphatic hydroxyl groups is 1. The van der Waals surface area contributed by atoms with Crippen LogP contribution in [-0.4, -0.2) is 46.5 Å². The van der Waals surface area contributed by atoms with Crippen LogP contribution in [0.15, 0.2) is 53.3 Å². The van der Waals surface area contributed by atoms with Gasteiger partial charge in [-0.05, 0) is 41.8 Å². The van der Waals surface area contributed by atoms with Crippen LogP contribution in [0.3, 0.4) is 0 Å². The Labute approximate surface area is 224 Å². The molecule has 4 aromatic rings. The molecule has 0 aliphatic rings. The van der Waals surface area contributed by atoms with Gasteiger partial charge < -0.3 is 5.11 Å². The second-order valence-corrected chi connectivity index (χ2v) is 9.74. The lowest BCUT2D eigenvalue weighted by Crippen LogP contribution is -2.37. The number of hydrogen-bond acceptors (Lipinski definition) is 5. The fourth-order valence-corrected chi connectivity index (χ4v) is 4.10. The van der Waals surface area contributed by atoms with Crippen molar-refractivity contribution < 1.29 is 27.1 Å². The van der Waals surface area contributed by atoms with Gasteiger partial charge in [0.05, 0.1) is 12.2 Å². The minimum atomic E-state index is -5.00. The topological polar surface area (TPSA) is 90.8 Å². The Hall–Kier alpha value is -3.58. The number of nitrogens with zero attached hydrogens (tertiary/aromatic N) is 6. The van der Waals surface area contributed by atoms with E-state index >= 15 is 0 Å². The van der Waals surface area contributed by atoms with Gasteiger partial charge in [-0.3, -0.25) is 4.57 Å². The van der Waals surface area contributed by atoms with Crippen molar-refractivity contribution in [1.29, 1.82) is 0 Å². The van der Waals surface area contributed by atoms with Crippen molar-refractivity contribution in [3.05, 3.63) is 81.3 Å². The molecule has 208 valence electrons.